The van der Waals surface area contributed by atoms with E-state index < -0.39 is 25.0 Å². The molecule has 0 aliphatic rings. The summed E-state index contributed by atoms with van der Waals surface area (Å²) in [5.41, 5.74) is 1.000. The van der Waals surface area contributed by atoms with E-state index in [1.54, 1.807) is 13.0 Å². The van der Waals surface area contributed by atoms with Crippen molar-refractivity contribution in [1.82, 2.24) is 10.3 Å². The van der Waals surface area contributed by atoms with E-state index in [0.29, 0.717) is 0 Å². The van der Waals surface area contributed by atoms with E-state index in [9.17, 15) is 18.0 Å². The molecule has 0 radical (unpaired) electrons. The number of nitrogens with one attached hydrogen (secondary N) is 1. The summed E-state index contributed by atoms with van der Waals surface area (Å²) < 4.78 is 35.4. The van der Waals surface area contributed by atoms with Crippen LogP contribution in [0.15, 0.2) is 18.3 Å². The molecule has 1 N–H and O–H groups in total. The lowest BCUT2D eigenvalue weighted by Gasteiger charge is -2.07. The Morgan fingerprint density at radius 1 is 1.33 bits per heavy atom. The highest BCUT2D eigenvalue weighted by molar-refractivity contribution is 5.93. The van der Waals surface area contributed by atoms with Crippen LogP contribution in [0.25, 0.3) is 0 Å². The molecule has 0 fully saturated rings. The van der Waals surface area contributed by atoms with Gasteiger partial charge in [-0.1, -0.05) is 13.8 Å². The molecule has 0 bridgehead atoms. The van der Waals surface area contributed by atoms with Crippen molar-refractivity contribution in [3.8, 4) is 0 Å². The van der Waals surface area contributed by atoms with Crippen molar-refractivity contribution in [2.24, 2.45) is 0 Å². The Bertz CT molecular complexity index is 361. The Kier molecular flexibility index (Phi) is 7.00. The predicted octanol–water partition coefficient (Wildman–Crippen LogP) is 3.10. The van der Waals surface area contributed by atoms with Gasteiger partial charge >= 0.3 is 6.18 Å². The van der Waals surface area contributed by atoms with E-state index >= 15 is 0 Å². The third-order valence-electron chi connectivity index (χ3n) is 1.87. The molecule has 0 saturated heterocycles. The zero-order valence-corrected chi connectivity index (χ0v) is 10.6. The molecule has 1 rings (SSSR count). The Balaban J connectivity index is 0.00000137. The van der Waals surface area contributed by atoms with Gasteiger partial charge in [0.05, 0.1) is 12.0 Å². The highest BCUT2D eigenvalue weighted by atomic mass is 19.4. The molecule has 0 atom stereocenters. The van der Waals surface area contributed by atoms with Gasteiger partial charge < -0.3 is 5.32 Å². The third kappa shape index (κ3) is 6.88. The number of aryl methyl sites for hydroxylation is 1. The van der Waals surface area contributed by atoms with Crippen LogP contribution in [0.3, 0.4) is 0 Å². The van der Waals surface area contributed by atoms with Gasteiger partial charge in [-0.05, 0) is 19.1 Å². The second-order valence-corrected chi connectivity index (χ2v) is 3.31. The molecule has 0 aliphatic heterocycles. The van der Waals surface area contributed by atoms with E-state index in [4.69, 9.17) is 0 Å². The maximum Gasteiger partial charge on any atom is 0.390 e. The second-order valence-electron chi connectivity index (χ2n) is 3.31. The highest BCUT2D eigenvalue weighted by Gasteiger charge is 2.26. The third-order valence-corrected chi connectivity index (χ3v) is 1.87. The number of hydrogen-bond donors (Lipinski definition) is 1. The molecule has 0 unspecified atom stereocenters. The van der Waals surface area contributed by atoms with Crippen LogP contribution in [0, 0.1) is 6.92 Å². The zero-order valence-electron chi connectivity index (χ0n) is 10.6. The predicted molar refractivity (Wildman–Crippen MR) is 63.3 cm³/mol. The largest absolute Gasteiger partial charge is 0.390 e. The fourth-order valence-corrected chi connectivity index (χ4v) is 1.02. The van der Waals surface area contributed by atoms with Crippen LogP contribution >= 0.6 is 0 Å². The minimum atomic E-state index is -4.25. The average Bonchev–Trinajstić information content (AvgIpc) is 2.30. The molecule has 0 spiro atoms. The fraction of sp³-hybridized carbons (Fsp3) is 0.500. The van der Waals surface area contributed by atoms with Gasteiger partial charge in [-0.25, -0.2) is 0 Å². The smallest absolute Gasteiger partial charge is 0.352 e. The summed E-state index contributed by atoms with van der Waals surface area (Å²) in [4.78, 5) is 15.2. The summed E-state index contributed by atoms with van der Waals surface area (Å²) in [6.07, 6.45) is -3.95. The first-order valence-corrected chi connectivity index (χ1v) is 5.66. The van der Waals surface area contributed by atoms with Crippen molar-refractivity contribution in [3.63, 3.8) is 0 Å². The lowest BCUT2D eigenvalue weighted by atomic mass is 10.2. The molecule has 18 heavy (non-hydrogen) atoms. The van der Waals surface area contributed by atoms with Gasteiger partial charge in [-0.15, -0.1) is 0 Å². The minimum Gasteiger partial charge on any atom is -0.352 e. The molecule has 1 heterocycles. The summed E-state index contributed by atoms with van der Waals surface area (Å²) in [5.74, 6) is -0.545. The normalized spacial score (nSPS) is 10.3. The molecular formula is C12H17F3N2O. The van der Waals surface area contributed by atoms with E-state index in [2.05, 4.69) is 10.3 Å². The Labute approximate surface area is 104 Å². The van der Waals surface area contributed by atoms with Gasteiger partial charge in [0.15, 0.2) is 0 Å². The van der Waals surface area contributed by atoms with Crippen molar-refractivity contribution in [3.05, 3.63) is 29.6 Å². The number of alkyl halides is 3. The lowest BCUT2D eigenvalue weighted by Crippen LogP contribution is -2.27. The summed E-state index contributed by atoms with van der Waals surface area (Å²) in [6.45, 7) is 5.33. The van der Waals surface area contributed by atoms with Crippen LogP contribution in [0.1, 0.15) is 36.3 Å². The SMILES string of the molecule is CC.Cc1ccc(C(=O)NCCC(F)(F)F)cn1. The number of hydrogen-bond acceptors (Lipinski definition) is 2. The van der Waals surface area contributed by atoms with Crippen molar-refractivity contribution >= 4 is 5.91 Å². The van der Waals surface area contributed by atoms with E-state index in [1.165, 1.54) is 12.3 Å². The molecular weight excluding hydrogens is 245 g/mol. The van der Waals surface area contributed by atoms with Gasteiger partial charge in [0.25, 0.3) is 5.91 Å². The van der Waals surface area contributed by atoms with Crippen LogP contribution in [-0.2, 0) is 0 Å². The van der Waals surface area contributed by atoms with Crippen LogP contribution in [0.4, 0.5) is 13.2 Å². The number of rotatable bonds is 3. The summed E-state index contributed by atoms with van der Waals surface area (Å²) >= 11 is 0. The standard InChI is InChI=1S/C10H11F3N2O.C2H6/c1-7-2-3-8(6-15-7)9(16)14-5-4-10(11,12)13;1-2/h2-3,6H,4-5H2,1H3,(H,14,16);1-2H3. The monoisotopic (exact) mass is 262 g/mol. The van der Waals surface area contributed by atoms with Crippen LogP contribution in [0.5, 0.6) is 0 Å². The molecule has 0 saturated carbocycles. The molecule has 1 aromatic rings. The molecule has 3 nitrogen and oxygen atoms in total. The summed E-state index contributed by atoms with van der Waals surface area (Å²) in [6, 6.07) is 3.14. The van der Waals surface area contributed by atoms with Crippen LogP contribution in [-0.4, -0.2) is 23.6 Å². The first-order chi connectivity index (χ1) is 8.38. The Morgan fingerprint density at radius 3 is 2.39 bits per heavy atom. The quantitative estimate of drug-likeness (QED) is 0.909. The van der Waals surface area contributed by atoms with Crippen LogP contribution < -0.4 is 5.32 Å². The maximum atomic E-state index is 11.8. The molecule has 0 aliphatic carbocycles. The number of carbonyl (C=O) groups excluding carboxylic acids is 1. The van der Waals surface area contributed by atoms with Crippen molar-refractivity contribution in [2.45, 2.75) is 33.4 Å². The molecule has 0 aromatic carbocycles. The number of amides is 1. The van der Waals surface area contributed by atoms with Crippen molar-refractivity contribution in [1.29, 1.82) is 0 Å². The number of nitrogens with zero attached hydrogens (tertiary/aromatic N) is 1. The summed E-state index contributed by atoms with van der Waals surface area (Å²) in [5, 5.41) is 2.18. The van der Waals surface area contributed by atoms with Gasteiger partial charge in [0.1, 0.15) is 0 Å². The first kappa shape index (κ1) is 16.4. The van der Waals surface area contributed by atoms with Gasteiger partial charge in [-0.3, -0.25) is 9.78 Å². The zero-order chi connectivity index (χ0) is 14.2. The number of halogens is 3. The average molecular weight is 262 g/mol. The molecule has 1 aromatic heterocycles. The van der Waals surface area contributed by atoms with Gasteiger partial charge in [-0.2, -0.15) is 13.2 Å². The minimum absolute atomic E-state index is 0.257. The molecule has 1 amide bonds. The van der Waals surface area contributed by atoms with Crippen molar-refractivity contribution in [2.75, 3.05) is 6.54 Å². The summed E-state index contributed by atoms with van der Waals surface area (Å²) in [7, 11) is 0. The number of carbonyl (C=O) groups is 1. The van der Waals surface area contributed by atoms with Crippen LogP contribution in [0.2, 0.25) is 0 Å². The fourth-order valence-electron chi connectivity index (χ4n) is 1.02. The lowest BCUT2D eigenvalue weighted by molar-refractivity contribution is -0.132. The first-order valence-electron chi connectivity index (χ1n) is 5.66. The Hall–Kier alpha value is -1.59. The van der Waals surface area contributed by atoms with Gasteiger partial charge in [0.2, 0.25) is 0 Å². The molecule has 102 valence electrons. The highest BCUT2D eigenvalue weighted by Crippen LogP contribution is 2.18. The Morgan fingerprint density at radius 2 is 1.94 bits per heavy atom. The number of aromatic nitrogens is 1. The molecule has 6 heteroatoms. The van der Waals surface area contributed by atoms with E-state index in [1.807, 2.05) is 13.8 Å². The maximum absolute atomic E-state index is 11.8. The second kappa shape index (κ2) is 7.68. The van der Waals surface area contributed by atoms with E-state index in [0.717, 1.165) is 5.69 Å². The van der Waals surface area contributed by atoms with E-state index in [-0.39, 0.29) is 5.56 Å². The topological polar surface area (TPSA) is 42.0 Å². The number of pyridine rings is 1. The van der Waals surface area contributed by atoms with Crippen molar-refractivity contribution < 1.29 is 18.0 Å². The van der Waals surface area contributed by atoms with Gasteiger partial charge in [0, 0.05) is 18.4 Å².